The zero-order valence-corrected chi connectivity index (χ0v) is 6.29. The summed E-state index contributed by atoms with van der Waals surface area (Å²) in [6.45, 7) is 0. The van der Waals surface area contributed by atoms with Gasteiger partial charge in [-0.05, 0) is 31.3 Å². The van der Waals surface area contributed by atoms with Gasteiger partial charge in [0.05, 0.1) is 0 Å². The summed E-state index contributed by atoms with van der Waals surface area (Å²) >= 11 is 0. The average Bonchev–Trinajstić information content (AvgIpc) is 1.90. The molecule has 0 fully saturated rings. The Morgan fingerprint density at radius 2 is 2.38 bits per heavy atom. The predicted octanol–water partition coefficient (Wildman–Crippen LogP) is 2.22. The van der Waals surface area contributed by atoms with Gasteiger partial charge in [0, 0.05) is 0 Å². The van der Waals surface area contributed by atoms with Crippen LogP contribution >= 0.6 is 9.24 Å². The highest BCUT2D eigenvalue weighted by Gasteiger charge is 2.05. The summed E-state index contributed by atoms with van der Waals surface area (Å²) in [6.07, 6.45) is 9.89. The van der Waals surface area contributed by atoms with Crippen molar-refractivity contribution in [1.82, 2.24) is 0 Å². The minimum atomic E-state index is 0.963. The summed E-state index contributed by atoms with van der Waals surface area (Å²) in [7, 11) is 2.81. The van der Waals surface area contributed by atoms with Gasteiger partial charge >= 0.3 is 0 Å². The van der Waals surface area contributed by atoms with Crippen LogP contribution in [0.4, 0.5) is 0 Å². The molecule has 0 aliphatic heterocycles. The zero-order valence-electron chi connectivity index (χ0n) is 5.14. The molecule has 0 N–H and O–H groups in total. The standard InChI is InChI=1S/C7H13P/c8-6-7-4-2-1-3-5-7/h1-2,7H,3-6,8H2. The fraction of sp³-hybridized carbons (Fsp3) is 0.714. The quantitative estimate of drug-likeness (QED) is 0.375. The van der Waals surface area contributed by atoms with Gasteiger partial charge in [-0.25, -0.2) is 0 Å². The topological polar surface area (TPSA) is 0 Å². The molecule has 0 bridgehead atoms. The van der Waals surface area contributed by atoms with Crippen molar-refractivity contribution < 1.29 is 0 Å². The Hall–Kier alpha value is 0.170. The van der Waals surface area contributed by atoms with E-state index in [1.165, 1.54) is 25.4 Å². The van der Waals surface area contributed by atoms with Crippen molar-refractivity contribution in [2.45, 2.75) is 19.3 Å². The fourth-order valence-electron chi connectivity index (χ4n) is 1.07. The van der Waals surface area contributed by atoms with Gasteiger partial charge in [0.15, 0.2) is 0 Å². The maximum atomic E-state index is 2.81. The number of hydrogen-bond donors (Lipinski definition) is 0. The lowest BCUT2D eigenvalue weighted by atomic mass is 9.96. The van der Waals surface area contributed by atoms with Gasteiger partial charge in [-0.3, -0.25) is 0 Å². The lowest BCUT2D eigenvalue weighted by Crippen LogP contribution is -2.02. The molecule has 2 unspecified atom stereocenters. The highest BCUT2D eigenvalue weighted by Crippen LogP contribution is 2.19. The third-order valence-electron chi connectivity index (χ3n) is 1.71. The maximum Gasteiger partial charge on any atom is -0.0319 e. The van der Waals surface area contributed by atoms with E-state index < -0.39 is 0 Å². The molecule has 0 spiro atoms. The maximum absolute atomic E-state index is 2.81. The summed E-state index contributed by atoms with van der Waals surface area (Å²) in [5, 5.41) is 0. The van der Waals surface area contributed by atoms with E-state index in [0.29, 0.717) is 0 Å². The molecule has 0 saturated heterocycles. The smallest absolute Gasteiger partial charge is 0.0319 e. The van der Waals surface area contributed by atoms with E-state index in [0.717, 1.165) is 5.92 Å². The molecular weight excluding hydrogens is 115 g/mol. The second kappa shape index (κ2) is 3.25. The molecule has 1 aliphatic rings. The van der Waals surface area contributed by atoms with Crippen LogP contribution < -0.4 is 0 Å². The Kier molecular flexibility index (Phi) is 2.55. The molecule has 0 aromatic heterocycles. The van der Waals surface area contributed by atoms with Crippen LogP contribution in [0.2, 0.25) is 0 Å². The minimum Gasteiger partial charge on any atom is -0.137 e. The Bertz CT molecular complexity index is 86.4. The molecule has 0 aromatic rings. The van der Waals surface area contributed by atoms with Crippen molar-refractivity contribution >= 4 is 9.24 Å². The van der Waals surface area contributed by atoms with Gasteiger partial charge < -0.3 is 0 Å². The van der Waals surface area contributed by atoms with Crippen LogP contribution in [0, 0.1) is 5.92 Å². The van der Waals surface area contributed by atoms with Crippen LogP contribution in [0.25, 0.3) is 0 Å². The molecule has 8 heavy (non-hydrogen) atoms. The minimum absolute atomic E-state index is 0.963. The normalized spacial score (nSPS) is 28.4. The third-order valence-corrected chi connectivity index (χ3v) is 2.38. The van der Waals surface area contributed by atoms with Crippen LogP contribution in [-0.2, 0) is 0 Å². The first-order valence-electron chi connectivity index (χ1n) is 3.28. The highest BCUT2D eigenvalue weighted by molar-refractivity contribution is 7.16. The average molecular weight is 128 g/mol. The largest absolute Gasteiger partial charge is 0.137 e. The van der Waals surface area contributed by atoms with Crippen molar-refractivity contribution in [1.29, 1.82) is 0 Å². The first-order chi connectivity index (χ1) is 3.93. The molecule has 0 radical (unpaired) electrons. The van der Waals surface area contributed by atoms with Gasteiger partial charge in [-0.15, -0.1) is 9.24 Å². The summed E-state index contributed by atoms with van der Waals surface area (Å²) in [6, 6.07) is 0. The first-order valence-corrected chi connectivity index (χ1v) is 4.10. The van der Waals surface area contributed by atoms with Gasteiger partial charge in [-0.2, -0.15) is 0 Å². The number of rotatable bonds is 1. The van der Waals surface area contributed by atoms with Gasteiger partial charge in [0.1, 0.15) is 0 Å². The van der Waals surface area contributed by atoms with Crippen molar-refractivity contribution in [2.75, 3.05) is 6.16 Å². The van der Waals surface area contributed by atoms with E-state index in [9.17, 15) is 0 Å². The number of hydrogen-bond acceptors (Lipinski definition) is 0. The Labute approximate surface area is 53.6 Å². The van der Waals surface area contributed by atoms with E-state index in [4.69, 9.17) is 0 Å². The summed E-state index contributed by atoms with van der Waals surface area (Å²) in [5.41, 5.74) is 0. The predicted molar refractivity (Wildman–Crippen MR) is 41.1 cm³/mol. The van der Waals surface area contributed by atoms with Gasteiger partial charge in [0.2, 0.25) is 0 Å². The molecule has 0 saturated carbocycles. The molecule has 0 amide bonds. The zero-order chi connectivity index (χ0) is 5.82. The highest BCUT2D eigenvalue weighted by atomic mass is 31.0. The van der Waals surface area contributed by atoms with E-state index >= 15 is 0 Å². The lowest BCUT2D eigenvalue weighted by molar-refractivity contribution is 0.536. The summed E-state index contributed by atoms with van der Waals surface area (Å²) < 4.78 is 0. The Morgan fingerprint density at radius 3 is 2.75 bits per heavy atom. The molecule has 46 valence electrons. The Morgan fingerprint density at radius 1 is 1.50 bits per heavy atom. The second-order valence-corrected chi connectivity index (χ2v) is 2.86. The fourth-order valence-corrected chi connectivity index (χ4v) is 1.50. The van der Waals surface area contributed by atoms with Crippen LogP contribution in [0.15, 0.2) is 12.2 Å². The summed E-state index contributed by atoms with van der Waals surface area (Å²) in [4.78, 5) is 0. The van der Waals surface area contributed by atoms with Crippen molar-refractivity contribution in [3.63, 3.8) is 0 Å². The van der Waals surface area contributed by atoms with Crippen molar-refractivity contribution in [2.24, 2.45) is 5.92 Å². The molecule has 0 heterocycles. The van der Waals surface area contributed by atoms with E-state index in [1.54, 1.807) is 0 Å². The molecule has 0 nitrogen and oxygen atoms in total. The first kappa shape index (κ1) is 6.29. The van der Waals surface area contributed by atoms with E-state index in [-0.39, 0.29) is 0 Å². The van der Waals surface area contributed by atoms with Crippen molar-refractivity contribution in [3.8, 4) is 0 Å². The van der Waals surface area contributed by atoms with Gasteiger partial charge in [0.25, 0.3) is 0 Å². The monoisotopic (exact) mass is 128 g/mol. The third kappa shape index (κ3) is 1.59. The van der Waals surface area contributed by atoms with Gasteiger partial charge in [-0.1, -0.05) is 12.2 Å². The Balaban J connectivity index is 2.27. The molecule has 1 heteroatoms. The lowest BCUT2D eigenvalue weighted by Gasteiger charge is -2.13. The van der Waals surface area contributed by atoms with Crippen molar-refractivity contribution in [3.05, 3.63) is 12.2 Å². The summed E-state index contributed by atoms with van der Waals surface area (Å²) in [5.74, 6) is 0.963. The second-order valence-electron chi connectivity index (χ2n) is 2.39. The molecular formula is C7H13P. The van der Waals surface area contributed by atoms with Crippen LogP contribution in [-0.4, -0.2) is 6.16 Å². The van der Waals surface area contributed by atoms with Crippen LogP contribution in [0.1, 0.15) is 19.3 Å². The molecule has 0 aromatic carbocycles. The van der Waals surface area contributed by atoms with E-state index in [2.05, 4.69) is 21.4 Å². The van der Waals surface area contributed by atoms with Crippen LogP contribution in [0.3, 0.4) is 0 Å². The molecule has 1 rings (SSSR count). The molecule has 1 aliphatic carbocycles. The SMILES string of the molecule is PCC1CC=CCC1. The number of allylic oxidation sites excluding steroid dienone is 2. The molecule has 2 atom stereocenters. The van der Waals surface area contributed by atoms with Crippen LogP contribution in [0.5, 0.6) is 0 Å². The van der Waals surface area contributed by atoms with E-state index in [1.807, 2.05) is 0 Å².